The Balaban J connectivity index is 2.65. The lowest BCUT2D eigenvalue weighted by molar-refractivity contribution is 0.264. The maximum atomic E-state index is 10.8. The van der Waals surface area contributed by atoms with Crippen LogP contribution in [0.4, 0.5) is 0 Å². The van der Waals surface area contributed by atoms with Gasteiger partial charge >= 0.3 is 0 Å². The Morgan fingerprint density at radius 2 is 2.33 bits per heavy atom. The average molecular weight is 252 g/mol. The second-order valence-corrected chi connectivity index (χ2v) is 5.14. The van der Waals surface area contributed by atoms with E-state index in [-0.39, 0.29) is 13.2 Å². The third-order valence-electron chi connectivity index (χ3n) is 1.68. The van der Waals surface area contributed by atoms with Crippen LogP contribution >= 0.6 is 12.2 Å². The van der Waals surface area contributed by atoms with Crippen LogP contribution in [0.15, 0.2) is 0 Å². The molecule has 0 aromatic carbocycles. The third kappa shape index (κ3) is 3.70. The number of sulfonamides is 1. The van der Waals surface area contributed by atoms with Crippen LogP contribution in [0.1, 0.15) is 5.82 Å². The van der Waals surface area contributed by atoms with Crippen LogP contribution in [0.2, 0.25) is 0 Å². The molecule has 0 saturated carbocycles. The summed E-state index contributed by atoms with van der Waals surface area (Å²) in [6, 6.07) is 0. The van der Waals surface area contributed by atoms with Crippen molar-refractivity contribution in [3.63, 3.8) is 0 Å². The molecule has 0 amide bonds. The molecule has 0 unspecified atom stereocenters. The molecule has 1 aromatic heterocycles. The molecular weight excluding hydrogens is 240 g/mol. The van der Waals surface area contributed by atoms with Gasteiger partial charge in [-0.3, -0.25) is 5.10 Å². The number of aromatic amines is 1. The minimum atomic E-state index is -3.20. The van der Waals surface area contributed by atoms with E-state index < -0.39 is 10.0 Å². The Bertz CT molecular complexity index is 475. The van der Waals surface area contributed by atoms with Crippen molar-refractivity contribution in [1.29, 1.82) is 0 Å². The first-order valence-corrected chi connectivity index (χ1v) is 6.43. The fourth-order valence-corrected chi connectivity index (χ4v) is 1.75. The van der Waals surface area contributed by atoms with Gasteiger partial charge < -0.3 is 9.67 Å². The molecule has 0 aliphatic carbocycles. The Morgan fingerprint density at radius 3 is 2.87 bits per heavy atom. The summed E-state index contributed by atoms with van der Waals surface area (Å²) in [5.41, 5.74) is 0. The van der Waals surface area contributed by atoms with Crippen molar-refractivity contribution in [2.24, 2.45) is 0 Å². The van der Waals surface area contributed by atoms with Gasteiger partial charge in [0.05, 0.1) is 6.26 Å². The maximum Gasteiger partial charge on any atom is 0.208 e. The normalized spacial score (nSPS) is 11.9. The van der Waals surface area contributed by atoms with E-state index in [2.05, 4.69) is 14.9 Å². The number of aliphatic hydroxyl groups excluding tert-OH is 1. The van der Waals surface area contributed by atoms with Crippen LogP contribution in [0, 0.1) is 4.77 Å². The number of nitrogens with one attached hydrogen (secondary N) is 2. The van der Waals surface area contributed by atoms with Gasteiger partial charge in [-0.1, -0.05) is 0 Å². The molecule has 0 spiro atoms. The Morgan fingerprint density at radius 1 is 1.67 bits per heavy atom. The van der Waals surface area contributed by atoms with Gasteiger partial charge in [-0.15, -0.1) is 0 Å². The van der Waals surface area contributed by atoms with Crippen molar-refractivity contribution < 1.29 is 13.5 Å². The molecule has 9 heteroatoms. The first-order valence-electron chi connectivity index (χ1n) is 4.13. The number of rotatable bonds is 5. The average Bonchev–Trinajstić information content (AvgIpc) is 2.46. The predicted molar refractivity (Wildman–Crippen MR) is 56.2 cm³/mol. The van der Waals surface area contributed by atoms with Gasteiger partial charge in [0, 0.05) is 13.1 Å². The second kappa shape index (κ2) is 4.84. The van der Waals surface area contributed by atoms with Crippen LogP contribution in [-0.4, -0.2) is 41.1 Å². The van der Waals surface area contributed by atoms with Crippen molar-refractivity contribution >= 4 is 22.2 Å². The van der Waals surface area contributed by atoms with E-state index in [0.717, 1.165) is 6.26 Å². The number of aliphatic hydroxyl groups is 1. The standard InChI is InChI=1S/C6H12N4O3S2/c1-15(12,13)7-2-3-10-5(4-11)8-9-6(10)14/h7,11H,2-4H2,1H3,(H,9,14). The molecule has 1 aromatic rings. The predicted octanol–water partition coefficient (Wildman–Crippen LogP) is -1.02. The van der Waals surface area contributed by atoms with Gasteiger partial charge in [-0.2, -0.15) is 5.10 Å². The third-order valence-corrected chi connectivity index (χ3v) is 2.72. The molecule has 0 aliphatic heterocycles. The summed E-state index contributed by atoms with van der Waals surface area (Å²) in [4.78, 5) is 0. The van der Waals surface area contributed by atoms with Gasteiger partial charge in [0.2, 0.25) is 10.0 Å². The lowest BCUT2D eigenvalue weighted by atomic mass is 10.5. The Hall–Kier alpha value is -0.770. The summed E-state index contributed by atoms with van der Waals surface area (Å²) in [6.45, 7) is 0.296. The smallest absolute Gasteiger partial charge is 0.208 e. The molecule has 86 valence electrons. The highest BCUT2D eigenvalue weighted by Gasteiger charge is 2.05. The zero-order chi connectivity index (χ0) is 11.5. The van der Waals surface area contributed by atoms with E-state index in [4.69, 9.17) is 17.3 Å². The van der Waals surface area contributed by atoms with Crippen LogP contribution in [0.5, 0.6) is 0 Å². The van der Waals surface area contributed by atoms with Crippen LogP contribution < -0.4 is 4.72 Å². The quantitative estimate of drug-likeness (QED) is 0.583. The van der Waals surface area contributed by atoms with Crippen LogP contribution in [0.25, 0.3) is 0 Å². The highest BCUT2D eigenvalue weighted by atomic mass is 32.2. The van der Waals surface area contributed by atoms with Crippen molar-refractivity contribution in [2.45, 2.75) is 13.2 Å². The molecule has 0 radical (unpaired) electrons. The summed E-state index contributed by atoms with van der Waals surface area (Å²) in [5.74, 6) is 0.385. The minimum absolute atomic E-state index is 0.208. The Labute approximate surface area is 92.2 Å². The lowest BCUT2D eigenvalue weighted by Crippen LogP contribution is -2.26. The molecule has 15 heavy (non-hydrogen) atoms. The van der Waals surface area contributed by atoms with Gasteiger partial charge in [-0.05, 0) is 12.2 Å². The summed E-state index contributed by atoms with van der Waals surface area (Å²) < 4.78 is 25.8. The zero-order valence-corrected chi connectivity index (χ0v) is 9.73. The number of hydrogen-bond acceptors (Lipinski definition) is 5. The van der Waals surface area contributed by atoms with E-state index in [1.165, 1.54) is 4.57 Å². The van der Waals surface area contributed by atoms with Gasteiger partial charge in [0.15, 0.2) is 10.6 Å². The molecule has 3 N–H and O–H groups in total. The highest BCUT2D eigenvalue weighted by Crippen LogP contribution is 1.96. The van der Waals surface area contributed by atoms with Crippen molar-refractivity contribution in [1.82, 2.24) is 19.5 Å². The number of H-pyrrole nitrogens is 1. The molecule has 0 atom stereocenters. The minimum Gasteiger partial charge on any atom is -0.388 e. The molecule has 1 rings (SSSR count). The molecule has 1 heterocycles. The van der Waals surface area contributed by atoms with Crippen LogP contribution in [-0.2, 0) is 23.2 Å². The largest absolute Gasteiger partial charge is 0.388 e. The molecule has 0 saturated heterocycles. The van der Waals surface area contributed by atoms with E-state index in [1.54, 1.807) is 0 Å². The zero-order valence-electron chi connectivity index (χ0n) is 8.10. The fourth-order valence-electron chi connectivity index (χ4n) is 1.04. The van der Waals surface area contributed by atoms with Crippen molar-refractivity contribution in [2.75, 3.05) is 12.8 Å². The molecular formula is C6H12N4O3S2. The maximum absolute atomic E-state index is 10.8. The molecule has 0 aliphatic rings. The van der Waals surface area contributed by atoms with E-state index in [1.807, 2.05) is 0 Å². The SMILES string of the molecule is CS(=O)(=O)NCCn1c(CO)n[nH]c1=S. The number of aromatic nitrogens is 3. The van der Waals surface area contributed by atoms with E-state index in [9.17, 15) is 8.42 Å². The van der Waals surface area contributed by atoms with Gasteiger partial charge in [0.1, 0.15) is 6.61 Å². The second-order valence-electron chi connectivity index (χ2n) is 2.92. The fraction of sp³-hybridized carbons (Fsp3) is 0.667. The van der Waals surface area contributed by atoms with Gasteiger partial charge in [-0.25, -0.2) is 13.1 Å². The van der Waals surface area contributed by atoms with Crippen molar-refractivity contribution in [3.8, 4) is 0 Å². The van der Waals surface area contributed by atoms with Crippen molar-refractivity contribution in [3.05, 3.63) is 10.6 Å². The summed E-state index contributed by atoms with van der Waals surface area (Å²) in [6.07, 6.45) is 1.08. The number of nitrogens with zero attached hydrogens (tertiary/aromatic N) is 2. The van der Waals surface area contributed by atoms with Gasteiger partial charge in [0.25, 0.3) is 0 Å². The van der Waals surface area contributed by atoms with Crippen LogP contribution in [0.3, 0.4) is 0 Å². The highest BCUT2D eigenvalue weighted by molar-refractivity contribution is 7.88. The lowest BCUT2D eigenvalue weighted by Gasteiger charge is -2.05. The summed E-state index contributed by atoms with van der Waals surface area (Å²) in [5, 5.41) is 15.2. The molecule has 0 bridgehead atoms. The van der Waals surface area contributed by atoms with E-state index >= 15 is 0 Å². The number of hydrogen-bond donors (Lipinski definition) is 3. The monoisotopic (exact) mass is 252 g/mol. The topological polar surface area (TPSA) is 100 Å². The summed E-state index contributed by atoms with van der Waals surface area (Å²) >= 11 is 4.90. The Kier molecular flexibility index (Phi) is 3.97. The summed E-state index contributed by atoms with van der Waals surface area (Å²) in [7, 11) is -3.20. The molecule has 0 fully saturated rings. The first kappa shape index (κ1) is 12.3. The van der Waals surface area contributed by atoms with E-state index in [0.29, 0.717) is 17.1 Å². The molecule has 7 nitrogen and oxygen atoms in total. The first-order chi connectivity index (χ1) is 6.94.